The van der Waals surface area contributed by atoms with E-state index in [2.05, 4.69) is 60.4 Å². The first-order valence-corrected chi connectivity index (χ1v) is 16.2. The van der Waals surface area contributed by atoms with Crippen LogP contribution in [0.2, 0.25) is 22.2 Å². The second-order valence-corrected chi connectivity index (χ2v) is 20.0. The number of nitrogens with zero attached hydrogens (tertiary/aromatic N) is 1. The van der Waals surface area contributed by atoms with Crippen LogP contribution in [0.5, 0.6) is 0 Å². The van der Waals surface area contributed by atoms with Gasteiger partial charge in [0.05, 0.1) is 6.61 Å². The number of carbonyl (C=O) groups is 1. The predicted octanol–water partition coefficient (Wildman–Crippen LogP) is 3.57. The number of ether oxygens (including phenoxy) is 1. The average Bonchev–Trinajstić information content (AvgIpc) is 2.98. The van der Waals surface area contributed by atoms with Gasteiger partial charge >= 0.3 is 22.8 Å². The molecule has 4 atom stereocenters. The van der Waals surface area contributed by atoms with Crippen molar-refractivity contribution >= 4 is 35.0 Å². The molecule has 1 aromatic rings. The molecular formula is C22H37ClN2O7Si2. The fourth-order valence-corrected chi connectivity index (χ4v) is 16.9. The Morgan fingerprint density at radius 1 is 1.06 bits per heavy atom. The quantitative estimate of drug-likeness (QED) is 0.339. The van der Waals surface area contributed by atoms with Gasteiger partial charge in [-0.1, -0.05) is 55.4 Å². The fraction of sp³-hybridized carbons (Fsp3) is 0.773. The largest absolute Gasteiger partial charge is 0.414 e. The molecule has 0 aromatic carbocycles. The van der Waals surface area contributed by atoms with Crippen molar-refractivity contribution in [3.8, 4) is 0 Å². The third kappa shape index (κ3) is 4.33. The highest BCUT2D eigenvalue weighted by atomic mass is 35.5. The van der Waals surface area contributed by atoms with Gasteiger partial charge in [-0.3, -0.25) is 14.3 Å². The third-order valence-electron chi connectivity index (χ3n) is 7.06. The van der Waals surface area contributed by atoms with E-state index < -0.39 is 51.7 Å². The lowest BCUT2D eigenvalue weighted by molar-refractivity contribution is -0.114. The van der Waals surface area contributed by atoms with Crippen LogP contribution >= 0.6 is 11.6 Å². The molecule has 3 heterocycles. The van der Waals surface area contributed by atoms with E-state index in [-0.39, 0.29) is 28.8 Å². The second kappa shape index (κ2) is 9.76. The minimum Gasteiger partial charge on any atom is -0.414 e. The number of H-pyrrole nitrogens is 1. The molecule has 1 unspecified atom stereocenters. The second-order valence-electron chi connectivity index (χ2n) is 10.5. The molecule has 34 heavy (non-hydrogen) atoms. The van der Waals surface area contributed by atoms with Crippen LogP contribution in [0.1, 0.15) is 61.6 Å². The van der Waals surface area contributed by atoms with Gasteiger partial charge in [-0.15, -0.1) is 11.6 Å². The molecule has 0 spiro atoms. The van der Waals surface area contributed by atoms with Crippen LogP contribution in [0.25, 0.3) is 0 Å². The molecule has 192 valence electrons. The number of hydrogen-bond acceptors (Lipinski definition) is 7. The molecule has 2 aliphatic rings. The topological polar surface area (TPSA) is 109 Å². The van der Waals surface area contributed by atoms with Crippen molar-refractivity contribution in [2.45, 2.75) is 101 Å². The van der Waals surface area contributed by atoms with Crippen LogP contribution < -0.4 is 11.2 Å². The van der Waals surface area contributed by atoms with Crippen molar-refractivity contribution in [3.63, 3.8) is 0 Å². The molecule has 0 bridgehead atoms. The summed E-state index contributed by atoms with van der Waals surface area (Å²) in [6.07, 6.45) is -0.951. The average molecular weight is 533 g/mol. The zero-order valence-electron chi connectivity index (χ0n) is 21.2. The van der Waals surface area contributed by atoms with E-state index in [0.29, 0.717) is 6.29 Å². The van der Waals surface area contributed by atoms with Gasteiger partial charge in [-0.05, 0) is 22.2 Å². The number of aromatic amines is 1. The molecule has 12 heteroatoms. The Bertz CT molecular complexity index is 995. The highest BCUT2D eigenvalue weighted by molar-refractivity contribution is 6.84. The number of fused-ring (bicyclic) bond motifs is 1. The van der Waals surface area contributed by atoms with Crippen molar-refractivity contribution in [2.24, 2.45) is 0 Å². The fourth-order valence-electron chi connectivity index (χ4n) is 5.20. The number of carbonyl (C=O) groups excluding carboxylic acids is 1. The van der Waals surface area contributed by atoms with Crippen LogP contribution in [-0.2, 0) is 22.5 Å². The summed E-state index contributed by atoms with van der Waals surface area (Å²) in [6, 6.07) is 1.19. The Labute approximate surface area is 207 Å². The molecular weight excluding hydrogens is 496 g/mol. The monoisotopic (exact) mass is 532 g/mol. The normalized spacial score (nSPS) is 31.0. The summed E-state index contributed by atoms with van der Waals surface area (Å²) in [7, 11) is -5.86. The van der Waals surface area contributed by atoms with E-state index in [4.69, 9.17) is 29.3 Å². The number of aldehydes is 1. The minimum atomic E-state index is -3.06. The van der Waals surface area contributed by atoms with E-state index in [1.165, 1.54) is 12.3 Å². The molecule has 2 saturated heterocycles. The number of alkyl halides is 1. The van der Waals surface area contributed by atoms with Crippen LogP contribution in [0.4, 0.5) is 0 Å². The number of aromatic nitrogens is 2. The van der Waals surface area contributed by atoms with Gasteiger partial charge in [0, 0.05) is 12.3 Å². The summed E-state index contributed by atoms with van der Waals surface area (Å²) in [5.74, 6) is 0. The van der Waals surface area contributed by atoms with Gasteiger partial charge < -0.3 is 22.5 Å². The van der Waals surface area contributed by atoms with Crippen molar-refractivity contribution < 1.29 is 22.5 Å². The Kier molecular flexibility index (Phi) is 7.89. The summed E-state index contributed by atoms with van der Waals surface area (Å²) >= 11 is 6.95. The van der Waals surface area contributed by atoms with Crippen LogP contribution in [-0.4, -0.2) is 56.6 Å². The zero-order valence-corrected chi connectivity index (χ0v) is 23.9. The summed E-state index contributed by atoms with van der Waals surface area (Å²) < 4.78 is 28.0. The first-order chi connectivity index (χ1) is 15.7. The lowest BCUT2D eigenvalue weighted by Crippen LogP contribution is -2.66. The van der Waals surface area contributed by atoms with Gasteiger partial charge in [-0.25, -0.2) is 4.79 Å². The Morgan fingerprint density at radius 3 is 2.09 bits per heavy atom. The van der Waals surface area contributed by atoms with E-state index in [9.17, 15) is 14.4 Å². The van der Waals surface area contributed by atoms with Gasteiger partial charge in [0.15, 0.2) is 11.1 Å². The Balaban J connectivity index is 2.19. The van der Waals surface area contributed by atoms with Gasteiger partial charge in [0.25, 0.3) is 5.56 Å². The third-order valence-corrected chi connectivity index (χ3v) is 17.8. The molecule has 0 saturated carbocycles. The number of hydrogen-bond donors (Lipinski definition) is 1. The van der Waals surface area contributed by atoms with E-state index in [1.54, 1.807) is 0 Å². The van der Waals surface area contributed by atoms with Crippen LogP contribution in [0, 0.1) is 0 Å². The van der Waals surface area contributed by atoms with Gasteiger partial charge in [-0.2, -0.15) is 0 Å². The van der Waals surface area contributed by atoms with Crippen molar-refractivity contribution in [2.75, 3.05) is 6.61 Å². The minimum absolute atomic E-state index is 0.0293. The highest BCUT2D eigenvalue weighted by Crippen LogP contribution is 2.51. The van der Waals surface area contributed by atoms with Crippen LogP contribution in [0.15, 0.2) is 21.9 Å². The molecule has 9 nitrogen and oxygen atoms in total. The summed E-state index contributed by atoms with van der Waals surface area (Å²) in [6.45, 7) is 16.8. The predicted molar refractivity (Wildman–Crippen MR) is 134 cm³/mol. The summed E-state index contributed by atoms with van der Waals surface area (Å²) in [4.78, 5) is 37.1. The molecule has 1 N–H and O–H groups in total. The molecule has 1 aromatic heterocycles. The lowest BCUT2D eigenvalue weighted by Gasteiger charge is -2.51. The smallest absolute Gasteiger partial charge is 0.335 e. The Morgan fingerprint density at radius 2 is 1.62 bits per heavy atom. The Hall–Kier alpha value is -1.09. The molecule has 2 fully saturated rings. The number of halogens is 1. The van der Waals surface area contributed by atoms with Crippen LogP contribution in [0.3, 0.4) is 0 Å². The maximum atomic E-state index is 12.6. The van der Waals surface area contributed by atoms with Gasteiger partial charge in [0.1, 0.15) is 18.5 Å². The molecule has 3 rings (SSSR count). The maximum absolute atomic E-state index is 12.6. The van der Waals surface area contributed by atoms with E-state index in [1.807, 2.05) is 0 Å². The van der Waals surface area contributed by atoms with Gasteiger partial charge in [0.2, 0.25) is 0 Å². The molecule has 0 amide bonds. The maximum Gasteiger partial charge on any atom is 0.335 e. The zero-order chi connectivity index (χ0) is 25.6. The first kappa shape index (κ1) is 27.5. The number of rotatable bonds is 6. The van der Waals surface area contributed by atoms with E-state index >= 15 is 0 Å². The molecule has 0 aliphatic carbocycles. The van der Waals surface area contributed by atoms with Crippen molar-refractivity contribution in [1.82, 2.24) is 9.55 Å². The standard InChI is InChI=1S/C22H37ClN2O7Si2/c1-13(2)33(14(3)4)29-11-17-19(31-34(32-33,15(5)6)16(7)8)22(23,12-26)20(30-17)25-10-9-18(27)24-21(25)28/h9-10,12-17,19-20H,11H2,1-8H3,(H,24,27,28)/t17-,19?,20-,22-/m1/s1. The SMILES string of the molecule is CC(C)[Si]1(C(C)C)OC[C@H]2O[C@@H](n3ccc(=O)[nH]c3=O)[C@@](Cl)(C=O)C2O[Si](C(C)C)(C(C)C)O1. The summed E-state index contributed by atoms with van der Waals surface area (Å²) in [5, 5.41) is 0. The molecule has 0 radical (unpaired) electrons. The first-order valence-electron chi connectivity index (χ1n) is 11.9. The van der Waals surface area contributed by atoms with E-state index in [0.717, 1.165) is 4.57 Å². The highest BCUT2D eigenvalue weighted by Gasteiger charge is 2.66. The lowest BCUT2D eigenvalue weighted by atomic mass is 10.0. The number of nitrogens with one attached hydrogen (secondary N) is 1. The van der Waals surface area contributed by atoms with Crippen molar-refractivity contribution in [1.29, 1.82) is 0 Å². The summed E-state index contributed by atoms with van der Waals surface area (Å²) in [5.41, 5.74) is -0.936. The molecule has 2 aliphatic heterocycles. The van der Waals surface area contributed by atoms with Crippen molar-refractivity contribution in [3.05, 3.63) is 33.1 Å².